The Morgan fingerprint density at radius 1 is 1.09 bits per heavy atom. The van der Waals surface area contributed by atoms with Crippen molar-refractivity contribution in [1.29, 1.82) is 0 Å². The summed E-state index contributed by atoms with van der Waals surface area (Å²) in [6.45, 7) is 0.848. The third-order valence-corrected chi connectivity index (χ3v) is 5.93. The zero-order chi connectivity index (χ0) is 24.1. The van der Waals surface area contributed by atoms with Crippen LogP contribution in [0.3, 0.4) is 0 Å². The molecule has 4 rings (SSSR count). The summed E-state index contributed by atoms with van der Waals surface area (Å²) in [4.78, 5) is 12.7. The lowest BCUT2D eigenvalue weighted by Crippen LogP contribution is -2.28. The van der Waals surface area contributed by atoms with Crippen molar-refractivity contribution in [1.82, 2.24) is 4.90 Å². The molecule has 0 spiro atoms. The summed E-state index contributed by atoms with van der Waals surface area (Å²) in [5.74, 6) is -3.06. The van der Waals surface area contributed by atoms with Gasteiger partial charge in [-0.15, -0.1) is 0 Å². The largest absolute Gasteiger partial charge is 0.493 e. The lowest BCUT2D eigenvalue weighted by Gasteiger charge is -2.23. The fourth-order valence-electron chi connectivity index (χ4n) is 4.19. The first kappa shape index (κ1) is 23.7. The highest BCUT2D eigenvalue weighted by molar-refractivity contribution is 5.69. The van der Waals surface area contributed by atoms with Crippen LogP contribution < -0.4 is 9.47 Å². The molecule has 1 N–H and O–H groups in total. The average molecular weight is 468 g/mol. The highest BCUT2D eigenvalue weighted by atomic mass is 19.3. The van der Waals surface area contributed by atoms with Crippen LogP contribution in [0, 0.1) is 0 Å². The Kier molecular flexibility index (Phi) is 7.12. The van der Waals surface area contributed by atoms with E-state index >= 15 is 8.78 Å². The van der Waals surface area contributed by atoms with Crippen LogP contribution in [-0.2, 0) is 17.1 Å². The van der Waals surface area contributed by atoms with Gasteiger partial charge in [-0.2, -0.15) is 8.78 Å². The van der Waals surface area contributed by atoms with E-state index in [0.29, 0.717) is 43.1 Å². The van der Waals surface area contributed by atoms with E-state index in [2.05, 4.69) is 0 Å². The molecule has 1 unspecified atom stereocenters. The quantitative estimate of drug-likeness (QED) is 0.439. The van der Waals surface area contributed by atoms with Crippen molar-refractivity contribution in [2.45, 2.75) is 24.9 Å². The maximum Gasteiger partial charge on any atom is 0.317 e. The Morgan fingerprint density at radius 2 is 1.82 bits per heavy atom. The number of hydrogen-bond donors (Lipinski definition) is 1. The number of carboxylic acid groups (broad SMARTS) is 1. The molecule has 0 amide bonds. The smallest absolute Gasteiger partial charge is 0.317 e. The van der Waals surface area contributed by atoms with E-state index in [9.17, 15) is 4.79 Å². The molecule has 1 aliphatic heterocycles. The number of hydrogen-bond acceptors (Lipinski definition) is 4. The SMILES string of the molecule is CN(CCC(Oc1ccc(C(F)(F)c2cccc3c2CCO3)cc1)c1ccccc1)CC(=O)O. The van der Waals surface area contributed by atoms with Gasteiger partial charge in [0, 0.05) is 36.1 Å². The molecule has 0 radical (unpaired) electrons. The van der Waals surface area contributed by atoms with E-state index in [1.807, 2.05) is 30.3 Å². The fraction of sp³-hybridized carbons (Fsp3) is 0.296. The van der Waals surface area contributed by atoms with Crippen LogP contribution in [0.25, 0.3) is 0 Å². The highest BCUT2D eigenvalue weighted by Gasteiger charge is 2.38. The van der Waals surface area contributed by atoms with Gasteiger partial charge in [-0.05, 0) is 42.9 Å². The van der Waals surface area contributed by atoms with Crippen LogP contribution in [0.15, 0.2) is 72.8 Å². The Morgan fingerprint density at radius 3 is 2.53 bits per heavy atom. The summed E-state index contributed by atoms with van der Waals surface area (Å²) >= 11 is 0. The van der Waals surface area contributed by atoms with Gasteiger partial charge in [0.15, 0.2) is 0 Å². The molecule has 0 aromatic heterocycles. The van der Waals surface area contributed by atoms with Gasteiger partial charge in [-0.1, -0.05) is 42.5 Å². The Labute approximate surface area is 197 Å². The number of aliphatic carboxylic acids is 1. The van der Waals surface area contributed by atoms with Crippen LogP contribution >= 0.6 is 0 Å². The van der Waals surface area contributed by atoms with Crippen LogP contribution in [-0.4, -0.2) is 42.7 Å². The molecule has 34 heavy (non-hydrogen) atoms. The molecule has 7 heteroatoms. The number of ether oxygens (including phenoxy) is 2. The first-order valence-corrected chi connectivity index (χ1v) is 11.2. The van der Waals surface area contributed by atoms with Crippen LogP contribution in [0.1, 0.15) is 34.8 Å². The van der Waals surface area contributed by atoms with Gasteiger partial charge >= 0.3 is 5.97 Å². The minimum absolute atomic E-state index is 0.0280. The summed E-state index contributed by atoms with van der Waals surface area (Å²) in [5.41, 5.74) is 1.35. The van der Waals surface area contributed by atoms with Crippen molar-refractivity contribution in [3.05, 3.63) is 95.1 Å². The molecule has 178 valence electrons. The second-order valence-electron chi connectivity index (χ2n) is 8.42. The standard InChI is InChI=1S/C27H27F2NO4/c1-30(18-26(31)32)16-14-24(19-6-3-2-4-7-19)34-21-12-10-20(11-13-21)27(28,29)23-8-5-9-25-22(23)15-17-33-25/h2-13,24H,14-18H2,1H3,(H,31,32). The molecular weight excluding hydrogens is 440 g/mol. The molecule has 1 atom stereocenters. The van der Waals surface area contributed by atoms with Gasteiger partial charge in [-0.3, -0.25) is 9.69 Å². The van der Waals surface area contributed by atoms with Crippen molar-refractivity contribution in [2.75, 3.05) is 26.7 Å². The number of halogens is 2. The van der Waals surface area contributed by atoms with E-state index in [4.69, 9.17) is 14.6 Å². The van der Waals surface area contributed by atoms with Gasteiger partial charge < -0.3 is 14.6 Å². The lowest BCUT2D eigenvalue weighted by molar-refractivity contribution is -0.138. The highest BCUT2D eigenvalue weighted by Crippen LogP contribution is 2.42. The van der Waals surface area contributed by atoms with Crippen LogP contribution in [0.4, 0.5) is 8.78 Å². The zero-order valence-electron chi connectivity index (χ0n) is 18.9. The summed E-state index contributed by atoms with van der Waals surface area (Å²) in [7, 11) is 1.73. The third-order valence-electron chi connectivity index (χ3n) is 5.93. The molecule has 1 aliphatic rings. The summed E-state index contributed by atoms with van der Waals surface area (Å²) in [6, 6.07) is 20.2. The molecular formula is C27H27F2NO4. The summed E-state index contributed by atoms with van der Waals surface area (Å²) in [6.07, 6.45) is 0.664. The molecule has 0 saturated heterocycles. The monoisotopic (exact) mass is 467 g/mol. The second-order valence-corrected chi connectivity index (χ2v) is 8.42. The summed E-state index contributed by atoms with van der Waals surface area (Å²) in [5, 5.41) is 8.99. The number of likely N-dealkylation sites (N-methyl/N-ethyl adjacent to an activating group) is 1. The lowest BCUT2D eigenvalue weighted by atomic mass is 9.94. The number of fused-ring (bicyclic) bond motifs is 1. The first-order valence-electron chi connectivity index (χ1n) is 11.2. The average Bonchev–Trinajstić information content (AvgIpc) is 3.31. The number of alkyl halides is 2. The van der Waals surface area contributed by atoms with Gasteiger partial charge in [0.2, 0.25) is 0 Å². The van der Waals surface area contributed by atoms with Gasteiger partial charge in [0.25, 0.3) is 5.92 Å². The second kappa shape index (κ2) is 10.2. The molecule has 3 aromatic carbocycles. The number of rotatable bonds is 10. The Balaban J connectivity index is 1.51. The van der Waals surface area contributed by atoms with E-state index < -0.39 is 11.9 Å². The minimum atomic E-state index is -3.16. The predicted octanol–water partition coefficient (Wildman–Crippen LogP) is 5.29. The van der Waals surface area contributed by atoms with Crippen molar-refractivity contribution in [3.8, 4) is 11.5 Å². The predicted molar refractivity (Wildman–Crippen MR) is 125 cm³/mol. The van der Waals surface area contributed by atoms with Crippen molar-refractivity contribution in [3.63, 3.8) is 0 Å². The van der Waals surface area contributed by atoms with Gasteiger partial charge in [-0.25, -0.2) is 0 Å². The molecule has 0 fully saturated rings. The van der Waals surface area contributed by atoms with Crippen molar-refractivity contribution >= 4 is 5.97 Å². The minimum Gasteiger partial charge on any atom is -0.493 e. The number of benzene rings is 3. The Hall–Kier alpha value is -3.45. The third kappa shape index (κ3) is 5.37. The number of nitrogens with zero attached hydrogens (tertiary/aromatic N) is 1. The molecule has 0 bridgehead atoms. The fourth-order valence-corrected chi connectivity index (χ4v) is 4.19. The van der Waals surface area contributed by atoms with Gasteiger partial charge in [0.05, 0.1) is 13.2 Å². The molecule has 0 saturated carbocycles. The number of carbonyl (C=O) groups is 1. The van der Waals surface area contributed by atoms with Crippen LogP contribution in [0.2, 0.25) is 0 Å². The van der Waals surface area contributed by atoms with E-state index in [1.54, 1.807) is 36.2 Å². The Bertz CT molecular complexity index is 1120. The van der Waals surface area contributed by atoms with E-state index in [0.717, 1.165) is 5.56 Å². The van der Waals surface area contributed by atoms with E-state index in [-0.39, 0.29) is 23.8 Å². The van der Waals surface area contributed by atoms with Crippen molar-refractivity contribution < 1.29 is 28.2 Å². The maximum absolute atomic E-state index is 15.4. The molecule has 5 nitrogen and oxygen atoms in total. The topological polar surface area (TPSA) is 59.0 Å². The molecule has 0 aliphatic carbocycles. The molecule has 1 heterocycles. The normalized spacial score (nSPS) is 13.9. The first-order chi connectivity index (χ1) is 16.3. The molecule has 3 aromatic rings. The zero-order valence-corrected chi connectivity index (χ0v) is 18.9. The van der Waals surface area contributed by atoms with E-state index in [1.165, 1.54) is 18.2 Å². The summed E-state index contributed by atoms with van der Waals surface area (Å²) < 4.78 is 42.3. The maximum atomic E-state index is 15.4. The van der Waals surface area contributed by atoms with Gasteiger partial charge in [0.1, 0.15) is 17.6 Å². The van der Waals surface area contributed by atoms with Crippen molar-refractivity contribution in [2.24, 2.45) is 0 Å². The van der Waals surface area contributed by atoms with Crippen LogP contribution in [0.5, 0.6) is 11.5 Å². The number of carboxylic acids is 1.